The minimum Gasteiger partial charge on any atom is -0.312 e. The van der Waals surface area contributed by atoms with Crippen LogP contribution in [-0.4, -0.2) is 23.0 Å². The lowest BCUT2D eigenvalue weighted by atomic mass is 10.1. The van der Waals surface area contributed by atoms with Crippen molar-refractivity contribution in [2.45, 2.75) is 19.9 Å². The molecule has 0 radical (unpaired) electrons. The molecule has 1 unspecified atom stereocenters. The summed E-state index contributed by atoms with van der Waals surface area (Å²) in [5.41, 5.74) is 2.53. The molecule has 2 heterocycles. The molecular formula is C12H18N2S. The summed E-state index contributed by atoms with van der Waals surface area (Å²) in [6.07, 6.45) is 5.23. The molecule has 82 valence electrons. The van der Waals surface area contributed by atoms with E-state index in [1.165, 1.54) is 29.1 Å². The summed E-state index contributed by atoms with van der Waals surface area (Å²) < 4.78 is 0. The van der Waals surface area contributed by atoms with E-state index in [1.807, 2.05) is 12.4 Å². The Balaban J connectivity index is 1.73. The van der Waals surface area contributed by atoms with E-state index in [9.17, 15) is 0 Å². The molecule has 0 bridgehead atoms. The highest BCUT2D eigenvalue weighted by molar-refractivity contribution is 7.99. The van der Waals surface area contributed by atoms with Gasteiger partial charge in [-0.15, -0.1) is 0 Å². The number of nitrogens with zero attached hydrogens (tertiary/aromatic N) is 1. The smallest absolute Gasteiger partial charge is 0.0313 e. The van der Waals surface area contributed by atoms with Gasteiger partial charge in [-0.2, -0.15) is 11.8 Å². The van der Waals surface area contributed by atoms with Crippen molar-refractivity contribution in [1.29, 1.82) is 0 Å². The Morgan fingerprint density at radius 3 is 3.20 bits per heavy atom. The maximum Gasteiger partial charge on any atom is 0.0313 e. The van der Waals surface area contributed by atoms with E-state index in [4.69, 9.17) is 0 Å². The second kappa shape index (κ2) is 5.52. The second-order valence-corrected chi connectivity index (χ2v) is 5.38. The number of hydrogen-bond donors (Lipinski definition) is 1. The normalized spacial score (nSPS) is 20.7. The van der Waals surface area contributed by atoms with Crippen LogP contribution in [0.4, 0.5) is 0 Å². The lowest BCUT2D eigenvalue weighted by Gasteiger charge is -2.09. The molecule has 1 aromatic rings. The van der Waals surface area contributed by atoms with Crippen LogP contribution in [0.3, 0.4) is 0 Å². The Morgan fingerprint density at radius 2 is 2.47 bits per heavy atom. The first kappa shape index (κ1) is 11.0. The third kappa shape index (κ3) is 3.50. The number of rotatable bonds is 4. The molecular weight excluding hydrogens is 204 g/mol. The molecule has 1 saturated heterocycles. The van der Waals surface area contributed by atoms with E-state index in [0.717, 1.165) is 19.0 Å². The van der Waals surface area contributed by atoms with Crippen molar-refractivity contribution in [2.75, 3.05) is 18.1 Å². The summed E-state index contributed by atoms with van der Waals surface area (Å²) in [4.78, 5) is 4.19. The molecule has 3 heteroatoms. The zero-order chi connectivity index (χ0) is 10.5. The summed E-state index contributed by atoms with van der Waals surface area (Å²) in [5, 5.41) is 3.52. The molecule has 1 aliphatic rings. The molecule has 0 saturated carbocycles. The van der Waals surface area contributed by atoms with Crippen molar-refractivity contribution in [1.82, 2.24) is 10.3 Å². The number of pyridine rings is 1. The monoisotopic (exact) mass is 222 g/mol. The van der Waals surface area contributed by atoms with Gasteiger partial charge < -0.3 is 5.32 Å². The lowest BCUT2D eigenvalue weighted by molar-refractivity contribution is 0.523. The first-order valence-electron chi connectivity index (χ1n) is 5.53. The summed E-state index contributed by atoms with van der Waals surface area (Å²) in [5.74, 6) is 3.56. The maximum atomic E-state index is 4.19. The van der Waals surface area contributed by atoms with Gasteiger partial charge in [-0.1, -0.05) is 6.07 Å². The van der Waals surface area contributed by atoms with Crippen molar-refractivity contribution < 1.29 is 0 Å². The lowest BCUT2D eigenvalue weighted by Crippen LogP contribution is -2.22. The molecule has 1 N–H and O–H groups in total. The third-order valence-electron chi connectivity index (χ3n) is 2.72. The average Bonchev–Trinajstić information content (AvgIpc) is 2.71. The van der Waals surface area contributed by atoms with Gasteiger partial charge in [0.25, 0.3) is 0 Å². The van der Waals surface area contributed by atoms with Crippen LogP contribution >= 0.6 is 11.8 Å². The SMILES string of the molecule is Cc1cncc(CNCC2CCSC2)c1. The molecule has 1 aromatic heterocycles. The van der Waals surface area contributed by atoms with Crippen molar-refractivity contribution >= 4 is 11.8 Å². The van der Waals surface area contributed by atoms with Crippen LogP contribution in [0.1, 0.15) is 17.5 Å². The summed E-state index contributed by atoms with van der Waals surface area (Å²) in [6, 6.07) is 2.20. The molecule has 15 heavy (non-hydrogen) atoms. The molecule has 0 aromatic carbocycles. The van der Waals surface area contributed by atoms with Gasteiger partial charge >= 0.3 is 0 Å². The Kier molecular flexibility index (Phi) is 4.03. The van der Waals surface area contributed by atoms with Gasteiger partial charge in [0.05, 0.1) is 0 Å². The number of nitrogens with one attached hydrogen (secondary N) is 1. The molecule has 1 atom stereocenters. The van der Waals surface area contributed by atoms with Crippen LogP contribution < -0.4 is 5.32 Å². The van der Waals surface area contributed by atoms with E-state index < -0.39 is 0 Å². The van der Waals surface area contributed by atoms with Crippen LogP contribution in [0.15, 0.2) is 18.5 Å². The van der Waals surface area contributed by atoms with E-state index in [2.05, 4.69) is 35.1 Å². The molecule has 1 fully saturated rings. The maximum absolute atomic E-state index is 4.19. The minimum atomic E-state index is 0.882. The third-order valence-corrected chi connectivity index (χ3v) is 3.95. The van der Waals surface area contributed by atoms with E-state index in [0.29, 0.717) is 0 Å². The van der Waals surface area contributed by atoms with Gasteiger partial charge in [-0.3, -0.25) is 4.98 Å². The first-order chi connectivity index (χ1) is 7.34. The molecule has 1 aliphatic heterocycles. The van der Waals surface area contributed by atoms with Gasteiger partial charge in [-0.05, 0) is 48.4 Å². The second-order valence-electron chi connectivity index (χ2n) is 4.23. The fraction of sp³-hybridized carbons (Fsp3) is 0.583. The predicted molar refractivity (Wildman–Crippen MR) is 66.1 cm³/mol. The highest BCUT2D eigenvalue weighted by Crippen LogP contribution is 2.22. The molecule has 0 amide bonds. The van der Waals surface area contributed by atoms with Crippen molar-refractivity contribution in [2.24, 2.45) is 5.92 Å². The molecule has 2 rings (SSSR count). The van der Waals surface area contributed by atoms with Crippen molar-refractivity contribution in [3.8, 4) is 0 Å². The molecule has 0 aliphatic carbocycles. The zero-order valence-electron chi connectivity index (χ0n) is 9.20. The highest BCUT2D eigenvalue weighted by atomic mass is 32.2. The van der Waals surface area contributed by atoms with E-state index >= 15 is 0 Å². The molecule has 2 nitrogen and oxygen atoms in total. The zero-order valence-corrected chi connectivity index (χ0v) is 10.0. The van der Waals surface area contributed by atoms with Gasteiger partial charge in [0.15, 0.2) is 0 Å². The molecule has 0 spiro atoms. The fourth-order valence-electron chi connectivity index (χ4n) is 1.88. The number of thioether (sulfide) groups is 1. The first-order valence-corrected chi connectivity index (χ1v) is 6.69. The van der Waals surface area contributed by atoms with Gasteiger partial charge in [0, 0.05) is 18.9 Å². The van der Waals surface area contributed by atoms with Gasteiger partial charge in [0.1, 0.15) is 0 Å². The van der Waals surface area contributed by atoms with Crippen molar-refractivity contribution in [3.05, 3.63) is 29.6 Å². The van der Waals surface area contributed by atoms with Gasteiger partial charge in [0.2, 0.25) is 0 Å². The summed E-state index contributed by atoms with van der Waals surface area (Å²) in [6.45, 7) is 4.20. The fourth-order valence-corrected chi connectivity index (χ4v) is 3.16. The largest absolute Gasteiger partial charge is 0.312 e. The number of aryl methyl sites for hydroxylation is 1. The van der Waals surface area contributed by atoms with Crippen LogP contribution in [-0.2, 0) is 6.54 Å². The summed E-state index contributed by atoms with van der Waals surface area (Å²) >= 11 is 2.08. The van der Waals surface area contributed by atoms with Crippen LogP contribution in [0.25, 0.3) is 0 Å². The predicted octanol–water partition coefficient (Wildman–Crippen LogP) is 2.23. The average molecular weight is 222 g/mol. The van der Waals surface area contributed by atoms with Crippen molar-refractivity contribution in [3.63, 3.8) is 0 Å². The van der Waals surface area contributed by atoms with Crippen LogP contribution in [0.5, 0.6) is 0 Å². The summed E-state index contributed by atoms with van der Waals surface area (Å²) in [7, 11) is 0. The van der Waals surface area contributed by atoms with Gasteiger partial charge in [-0.25, -0.2) is 0 Å². The highest BCUT2D eigenvalue weighted by Gasteiger charge is 2.14. The standard InChI is InChI=1S/C12H18N2S/c1-10-4-12(7-13-5-10)8-14-6-11-2-3-15-9-11/h4-5,7,11,14H,2-3,6,8-9H2,1H3. The Bertz CT molecular complexity index is 308. The van der Waals surface area contributed by atoms with Crippen LogP contribution in [0.2, 0.25) is 0 Å². The topological polar surface area (TPSA) is 24.9 Å². The number of aromatic nitrogens is 1. The van der Waals surface area contributed by atoms with E-state index in [-0.39, 0.29) is 0 Å². The van der Waals surface area contributed by atoms with E-state index in [1.54, 1.807) is 0 Å². The minimum absolute atomic E-state index is 0.882. The number of hydrogen-bond acceptors (Lipinski definition) is 3. The van der Waals surface area contributed by atoms with Crippen LogP contribution in [0, 0.1) is 12.8 Å². The Hall–Kier alpha value is -0.540. The Labute approximate surface area is 95.9 Å². The Morgan fingerprint density at radius 1 is 1.53 bits per heavy atom. The quantitative estimate of drug-likeness (QED) is 0.845.